The maximum absolute atomic E-state index is 11.2. The summed E-state index contributed by atoms with van der Waals surface area (Å²) in [4.78, 5) is 15.3. The van der Waals surface area contributed by atoms with Gasteiger partial charge >= 0.3 is 6.09 Å². The third-order valence-corrected chi connectivity index (χ3v) is 4.55. The van der Waals surface area contributed by atoms with Crippen molar-refractivity contribution in [2.24, 2.45) is 5.73 Å². The number of nitrogens with two attached hydrogens (primary N) is 1. The van der Waals surface area contributed by atoms with Crippen molar-refractivity contribution in [3.05, 3.63) is 71.0 Å². The lowest BCUT2D eigenvalue weighted by atomic mass is 10.1. The van der Waals surface area contributed by atoms with E-state index in [0.29, 0.717) is 12.2 Å². The predicted octanol–water partition coefficient (Wildman–Crippen LogP) is 4.08. The van der Waals surface area contributed by atoms with E-state index < -0.39 is 12.2 Å². The standard InChI is InChI=1S/C19H17BrN2O3/c20-18-16-8-9-22-11-14(16)6-7-17(18)24-12-15(25-19(21)23)10-13-4-2-1-3-5-13/h1-9,11,15H,10,12H2,(H2,21,23). The number of carbonyl (C=O) groups excluding carboxylic acids is 1. The summed E-state index contributed by atoms with van der Waals surface area (Å²) >= 11 is 3.56. The van der Waals surface area contributed by atoms with Gasteiger partial charge in [-0.3, -0.25) is 4.98 Å². The fraction of sp³-hybridized carbons (Fsp3) is 0.158. The minimum absolute atomic E-state index is 0.201. The van der Waals surface area contributed by atoms with Crippen LogP contribution in [0.4, 0.5) is 4.79 Å². The lowest BCUT2D eigenvalue weighted by Gasteiger charge is -2.18. The summed E-state index contributed by atoms with van der Waals surface area (Å²) in [5, 5.41) is 2.01. The number of hydrogen-bond acceptors (Lipinski definition) is 4. The van der Waals surface area contributed by atoms with E-state index >= 15 is 0 Å². The number of hydrogen-bond donors (Lipinski definition) is 1. The van der Waals surface area contributed by atoms with Gasteiger partial charge in [0.25, 0.3) is 0 Å². The van der Waals surface area contributed by atoms with E-state index in [2.05, 4.69) is 20.9 Å². The second-order valence-electron chi connectivity index (χ2n) is 5.53. The minimum Gasteiger partial charge on any atom is -0.489 e. The Labute approximate surface area is 153 Å². The molecule has 2 N–H and O–H groups in total. The summed E-state index contributed by atoms with van der Waals surface area (Å²) in [5.74, 6) is 0.671. The number of amides is 1. The summed E-state index contributed by atoms with van der Waals surface area (Å²) in [7, 11) is 0. The van der Waals surface area contributed by atoms with Crippen LogP contribution in [-0.4, -0.2) is 23.8 Å². The minimum atomic E-state index is -0.812. The van der Waals surface area contributed by atoms with Crippen molar-refractivity contribution in [2.75, 3.05) is 6.61 Å². The molecule has 0 bridgehead atoms. The molecule has 0 saturated heterocycles. The highest BCUT2D eigenvalue weighted by molar-refractivity contribution is 9.10. The van der Waals surface area contributed by atoms with Gasteiger partial charge < -0.3 is 15.2 Å². The molecule has 25 heavy (non-hydrogen) atoms. The molecule has 1 unspecified atom stereocenters. The largest absolute Gasteiger partial charge is 0.489 e. The molecule has 1 atom stereocenters. The van der Waals surface area contributed by atoms with Gasteiger partial charge in [0.2, 0.25) is 0 Å². The van der Waals surface area contributed by atoms with Crippen LogP contribution in [-0.2, 0) is 11.2 Å². The normalized spacial score (nSPS) is 11.9. The molecule has 128 valence electrons. The molecule has 0 spiro atoms. The second kappa shape index (κ2) is 7.98. The Morgan fingerprint density at radius 2 is 1.96 bits per heavy atom. The summed E-state index contributed by atoms with van der Waals surface area (Å²) in [6.07, 6.45) is 2.76. The van der Waals surface area contributed by atoms with Gasteiger partial charge in [-0.05, 0) is 39.7 Å². The lowest BCUT2D eigenvalue weighted by molar-refractivity contribution is 0.0716. The highest BCUT2D eigenvalue weighted by atomic mass is 79.9. The number of fused-ring (bicyclic) bond motifs is 1. The highest BCUT2D eigenvalue weighted by Crippen LogP contribution is 2.32. The number of ether oxygens (including phenoxy) is 2. The van der Waals surface area contributed by atoms with E-state index in [-0.39, 0.29) is 6.61 Å². The third-order valence-electron chi connectivity index (χ3n) is 3.73. The van der Waals surface area contributed by atoms with Crippen LogP contribution in [0.15, 0.2) is 65.4 Å². The molecule has 0 fully saturated rings. The fourth-order valence-corrected chi connectivity index (χ4v) is 3.19. The lowest BCUT2D eigenvalue weighted by Crippen LogP contribution is -2.30. The first-order chi connectivity index (χ1) is 12.1. The topological polar surface area (TPSA) is 74.4 Å². The van der Waals surface area contributed by atoms with E-state index in [1.54, 1.807) is 12.4 Å². The van der Waals surface area contributed by atoms with Gasteiger partial charge in [-0.1, -0.05) is 30.3 Å². The van der Waals surface area contributed by atoms with Gasteiger partial charge in [-0.15, -0.1) is 0 Å². The van der Waals surface area contributed by atoms with Crippen molar-refractivity contribution in [1.29, 1.82) is 0 Å². The molecule has 2 aromatic carbocycles. The van der Waals surface area contributed by atoms with E-state index in [4.69, 9.17) is 15.2 Å². The monoisotopic (exact) mass is 400 g/mol. The fourth-order valence-electron chi connectivity index (χ4n) is 2.58. The molecule has 0 aliphatic heterocycles. The summed E-state index contributed by atoms with van der Waals surface area (Å²) < 4.78 is 11.9. The van der Waals surface area contributed by atoms with E-state index in [0.717, 1.165) is 20.8 Å². The van der Waals surface area contributed by atoms with Gasteiger partial charge in [-0.25, -0.2) is 4.79 Å². The number of primary amides is 1. The van der Waals surface area contributed by atoms with Gasteiger partial charge in [-0.2, -0.15) is 0 Å². The van der Waals surface area contributed by atoms with Crippen molar-refractivity contribution < 1.29 is 14.3 Å². The molecule has 0 radical (unpaired) electrons. The third kappa shape index (κ3) is 4.48. The van der Waals surface area contributed by atoms with Crippen LogP contribution in [0.2, 0.25) is 0 Å². The maximum atomic E-state index is 11.2. The zero-order chi connectivity index (χ0) is 17.6. The molecule has 1 aromatic heterocycles. The molecule has 3 aromatic rings. The van der Waals surface area contributed by atoms with E-state index in [1.165, 1.54) is 0 Å². The number of nitrogens with zero attached hydrogens (tertiary/aromatic N) is 1. The first kappa shape index (κ1) is 17.2. The molecule has 6 heteroatoms. The molecule has 0 aliphatic rings. The van der Waals surface area contributed by atoms with Gasteiger partial charge in [0.15, 0.2) is 0 Å². The molecule has 1 amide bonds. The first-order valence-electron chi connectivity index (χ1n) is 7.78. The van der Waals surface area contributed by atoms with Crippen molar-refractivity contribution in [1.82, 2.24) is 4.98 Å². The Bertz CT molecular complexity index is 871. The van der Waals surface area contributed by atoms with Crippen LogP contribution >= 0.6 is 15.9 Å². The number of halogens is 1. The van der Waals surface area contributed by atoms with Crippen LogP contribution in [0.5, 0.6) is 5.75 Å². The number of benzene rings is 2. The predicted molar refractivity (Wildman–Crippen MR) is 99.5 cm³/mol. The number of rotatable bonds is 6. The Morgan fingerprint density at radius 1 is 1.16 bits per heavy atom. The van der Waals surface area contributed by atoms with Gasteiger partial charge in [0.1, 0.15) is 18.5 Å². The zero-order valence-corrected chi connectivity index (χ0v) is 15.0. The number of carbonyl (C=O) groups is 1. The Balaban J connectivity index is 1.74. The van der Waals surface area contributed by atoms with Crippen LogP contribution in [0.25, 0.3) is 10.8 Å². The molecular formula is C19H17BrN2O3. The number of pyridine rings is 1. The van der Waals surface area contributed by atoms with Crippen LogP contribution in [0.1, 0.15) is 5.56 Å². The molecule has 1 heterocycles. The van der Waals surface area contributed by atoms with Crippen LogP contribution in [0.3, 0.4) is 0 Å². The Hall–Kier alpha value is -2.60. The van der Waals surface area contributed by atoms with Crippen LogP contribution in [0, 0.1) is 0 Å². The zero-order valence-electron chi connectivity index (χ0n) is 13.4. The molecule has 5 nitrogen and oxygen atoms in total. The van der Waals surface area contributed by atoms with Crippen molar-refractivity contribution >= 4 is 32.8 Å². The average molecular weight is 401 g/mol. The smallest absolute Gasteiger partial charge is 0.404 e. The van der Waals surface area contributed by atoms with Crippen LogP contribution < -0.4 is 10.5 Å². The van der Waals surface area contributed by atoms with E-state index in [9.17, 15) is 4.79 Å². The Morgan fingerprint density at radius 3 is 2.72 bits per heavy atom. The first-order valence-corrected chi connectivity index (χ1v) is 8.58. The second-order valence-corrected chi connectivity index (χ2v) is 6.33. The van der Waals surface area contributed by atoms with Crippen molar-refractivity contribution in [2.45, 2.75) is 12.5 Å². The van der Waals surface area contributed by atoms with Gasteiger partial charge in [0.05, 0.1) is 4.47 Å². The Kier molecular flexibility index (Phi) is 5.50. The van der Waals surface area contributed by atoms with Crippen molar-refractivity contribution in [3.8, 4) is 5.75 Å². The molecule has 3 rings (SSSR count). The van der Waals surface area contributed by atoms with Gasteiger partial charge in [0, 0.05) is 29.6 Å². The summed E-state index contributed by atoms with van der Waals surface area (Å²) in [6, 6.07) is 15.4. The SMILES string of the molecule is NC(=O)OC(COc1ccc2cnccc2c1Br)Cc1ccccc1. The highest BCUT2D eigenvalue weighted by Gasteiger charge is 2.16. The molecule has 0 saturated carbocycles. The maximum Gasteiger partial charge on any atom is 0.404 e. The van der Waals surface area contributed by atoms with E-state index in [1.807, 2.05) is 48.5 Å². The van der Waals surface area contributed by atoms with Crippen molar-refractivity contribution in [3.63, 3.8) is 0 Å². The quantitative estimate of drug-likeness (QED) is 0.676. The molecular weight excluding hydrogens is 384 g/mol. The number of aromatic nitrogens is 1. The molecule has 0 aliphatic carbocycles. The summed E-state index contributed by atoms with van der Waals surface area (Å²) in [6.45, 7) is 0.201. The summed E-state index contributed by atoms with van der Waals surface area (Å²) in [5.41, 5.74) is 6.23. The average Bonchev–Trinajstić information content (AvgIpc) is 2.61.